The summed E-state index contributed by atoms with van der Waals surface area (Å²) in [5.41, 5.74) is 6.74. The fourth-order valence-corrected chi connectivity index (χ4v) is 2.28. The Labute approximate surface area is 130 Å². The smallest absolute Gasteiger partial charge is 0.328 e. The number of nitrogens with two attached hydrogens (primary N) is 1. The van der Waals surface area contributed by atoms with Gasteiger partial charge in [0.2, 0.25) is 5.91 Å². The number of imidazole rings is 1. The van der Waals surface area contributed by atoms with Crippen LogP contribution in [0.1, 0.15) is 11.4 Å². The normalized spacial score (nSPS) is 10.8. The lowest BCUT2D eigenvalue weighted by Crippen LogP contribution is -2.18. The zero-order valence-electron chi connectivity index (χ0n) is 12.4. The van der Waals surface area contributed by atoms with Gasteiger partial charge in [0.05, 0.1) is 26.3 Å². The molecule has 3 aromatic rings. The summed E-state index contributed by atoms with van der Waals surface area (Å²) in [4.78, 5) is 34.1. The Hall–Kier alpha value is -3.16. The number of amides is 1. The van der Waals surface area contributed by atoms with Crippen LogP contribution < -0.4 is 16.2 Å². The molecule has 0 aliphatic carbocycles. The van der Waals surface area contributed by atoms with Gasteiger partial charge in [0.1, 0.15) is 17.1 Å². The third-order valence-corrected chi connectivity index (χ3v) is 3.39. The van der Waals surface area contributed by atoms with E-state index in [-0.39, 0.29) is 17.9 Å². The summed E-state index contributed by atoms with van der Waals surface area (Å²) in [6, 6.07) is 7.39. The molecule has 0 fully saturated rings. The number of nitrogens with one attached hydrogen (secondary N) is 1. The van der Waals surface area contributed by atoms with Crippen molar-refractivity contribution in [3.8, 4) is 5.75 Å². The first-order valence-corrected chi connectivity index (χ1v) is 6.92. The third-order valence-electron chi connectivity index (χ3n) is 3.39. The van der Waals surface area contributed by atoms with Crippen molar-refractivity contribution < 1.29 is 9.53 Å². The highest BCUT2D eigenvalue weighted by molar-refractivity contribution is 5.76. The lowest BCUT2D eigenvalue weighted by molar-refractivity contribution is -0.117. The first kappa shape index (κ1) is 14.8. The molecule has 0 unspecified atom stereocenters. The number of hydrogen-bond donors (Lipinski definition) is 2. The summed E-state index contributed by atoms with van der Waals surface area (Å²) in [5, 5.41) is 0. The lowest BCUT2D eigenvalue weighted by atomic mass is 10.2. The minimum Gasteiger partial charge on any atom is -0.497 e. The number of hydrogen-bond acceptors (Lipinski definition) is 5. The number of fused-ring (bicyclic) bond motifs is 1. The SMILES string of the molecule is COc1ccc(Cn2c(=O)[nH]c3cnc(CC(N)=O)nc32)cc1. The van der Waals surface area contributed by atoms with E-state index in [9.17, 15) is 9.59 Å². The highest BCUT2D eigenvalue weighted by Crippen LogP contribution is 2.14. The van der Waals surface area contributed by atoms with Gasteiger partial charge in [0, 0.05) is 0 Å². The van der Waals surface area contributed by atoms with Crippen LogP contribution in [0.4, 0.5) is 0 Å². The molecule has 0 spiro atoms. The van der Waals surface area contributed by atoms with Gasteiger partial charge in [0.25, 0.3) is 0 Å². The number of ether oxygens (including phenoxy) is 1. The van der Waals surface area contributed by atoms with Crippen molar-refractivity contribution in [2.24, 2.45) is 5.73 Å². The molecule has 23 heavy (non-hydrogen) atoms. The molecule has 0 saturated carbocycles. The third kappa shape index (κ3) is 3.05. The monoisotopic (exact) mass is 313 g/mol. The van der Waals surface area contributed by atoms with Gasteiger partial charge in [-0.25, -0.2) is 14.8 Å². The molecule has 8 heteroatoms. The largest absolute Gasteiger partial charge is 0.497 e. The van der Waals surface area contributed by atoms with Crippen molar-refractivity contribution in [1.29, 1.82) is 0 Å². The zero-order chi connectivity index (χ0) is 16.4. The Kier molecular flexibility index (Phi) is 3.80. The van der Waals surface area contributed by atoms with E-state index in [0.29, 0.717) is 17.7 Å². The number of methoxy groups -OCH3 is 1. The van der Waals surface area contributed by atoms with Gasteiger partial charge < -0.3 is 15.5 Å². The molecule has 1 aromatic carbocycles. The minimum atomic E-state index is -0.524. The number of aromatic nitrogens is 4. The second-order valence-electron chi connectivity index (χ2n) is 5.03. The first-order valence-electron chi connectivity index (χ1n) is 6.92. The van der Waals surface area contributed by atoms with Crippen molar-refractivity contribution in [3.05, 3.63) is 52.3 Å². The highest BCUT2D eigenvalue weighted by atomic mass is 16.5. The molecule has 0 radical (unpaired) electrons. The molecule has 0 aliphatic rings. The summed E-state index contributed by atoms with van der Waals surface area (Å²) in [7, 11) is 1.59. The Morgan fingerprint density at radius 3 is 2.74 bits per heavy atom. The van der Waals surface area contributed by atoms with E-state index in [2.05, 4.69) is 15.0 Å². The lowest BCUT2D eigenvalue weighted by Gasteiger charge is -2.05. The summed E-state index contributed by atoms with van der Waals surface area (Å²) < 4.78 is 6.60. The number of carbonyl (C=O) groups excluding carboxylic acids is 1. The average Bonchev–Trinajstić information content (AvgIpc) is 2.83. The van der Waals surface area contributed by atoms with Crippen LogP contribution in [0.3, 0.4) is 0 Å². The maximum atomic E-state index is 12.1. The molecular formula is C15H15N5O3. The molecule has 1 amide bonds. The van der Waals surface area contributed by atoms with Gasteiger partial charge in [-0.15, -0.1) is 0 Å². The van der Waals surface area contributed by atoms with Crippen molar-refractivity contribution in [2.45, 2.75) is 13.0 Å². The van der Waals surface area contributed by atoms with Crippen molar-refractivity contribution in [2.75, 3.05) is 7.11 Å². The van der Waals surface area contributed by atoms with E-state index in [0.717, 1.165) is 11.3 Å². The number of nitrogens with zero attached hydrogens (tertiary/aromatic N) is 3. The van der Waals surface area contributed by atoms with E-state index < -0.39 is 5.91 Å². The molecule has 0 aliphatic heterocycles. The summed E-state index contributed by atoms with van der Waals surface area (Å²) in [6.45, 7) is 0.343. The maximum absolute atomic E-state index is 12.1. The minimum absolute atomic E-state index is 0.0716. The predicted octanol–water partition coefficient (Wildman–Crippen LogP) is 0.204. The number of aromatic amines is 1. The number of primary amides is 1. The van der Waals surface area contributed by atoms with E-state index in [4.69, 9.17) is 10.5 Å². The molecule has 3 N–H and O–H groups in total. The molecular weight excluding hydrogens is 298 g/mol. The van der Waals surface area contributed by atoms with Crippen molar-refractivity contribution in [3.63, 3.8) is 0 Å². The van der Waals surface area contributed by atoms with Crippen LogP contribution >= 0.6 is 0 Å². The fraction of sp³-hybridized carbons (Fsp3) is 0.200. The molecule has 0 bridgehead atoms. The molecule has 0 atom stereocenters. The number of carbonyl (C=O) groups is 1. The van der Waals surface area contributed by atoms with Crippen LogP contribution in [0.25, 0.3) is 11.2 Å². The van der Waals surface area contributed by atoms with Crippen molar-refractivity contribution >= 4 is 17.1 Å². The number of rotatable bonds is 5. The summed E-state index contributed by atoms with van der Waals surface area (Å²) in [6.07, 6.45) is 1.41. The predicted molar refractivity (Wildman–Crippen MR) is 83.1 cm³/mol. The summed E-state index contributed by atoms with van der Waals surface area (Å²) in [5.74, 6) is 0.502. The average molecular weight is 313 g/mol. The molecule has 3 rings (SSSR count). The van der Waals surface area contributed by atoms with E-state index in [1.165, 1.54) is 10.8 Å². The maximum Gasteiger partial charge on any atom is 0.328 e. The highest BCUT2D eigenvalue weighted by Gasteiger charge is 2.11. The molecule has 118 valence electrons. The van der Waals surface area contributed by atoms with E-state index in [1.807, 2.05) is 24.3 Å². The second-order valence-corrected chi connectivity index (χ2v) is 5.03. The van der Waals surface area contributed by atoms with Crippen LogP contribution in [0.2, 0.25) is 0 Å². The van der Waals surface area contributed by atoms with Gasteiger partial charge >= 0.3 is 5.69 Å². The van der Waals surface area contributed by atoms with Crippen LogP contribution in [0, 0.1) is 0 Å². The van der Waals surface area contributed by atoms with Gasteiger partial charge in [-0.1, -0.05) is 12.1 Å². The Bertz CT molecular complexity index is 911. The van der Waals surface area contributed by atoms with Crippen LogP contribution in [-0.4, -0.2) is 32.5 Å². The molecule has 2 heterocycles. The van der Waals surface area contributed by atoms with Crippen LogP contribution in [0.15, 0.2) is 35.3 Å². The van der Waals surface area contributed by atoms with Crippen molar-refractivity contribution in [1.82, 2.24) is 19.5 Å². The standard InChI is InChI=1S/C15H15N5O3/c1-23-10-4-2-9(3-5-10)8-20-14-11(18-15(20)22)7-17-13(19-14)6-12(16)21/h2-5,7H,6,8H2,1H3,(H2,16,21)(H,18,22). The van der Waals surface area contributed by atoms with Gasteiger partial charge in [0.15, 0.2) is 5.65 Å². The van der Waals surface area contributed by atoms with E-state index >= 15 is 0 Å². The molecule has 0 saturated heterocycles. The fourth-order valence-electron chi connectivity index (χ4n) is 2.28. The van der Waals surface area contributed by atoms with Gasteiger partial charge in [-0.2, -0.15) is 0 Å². The van der Waals surface area contributed by atoms with Gasteiger partial charge in [-0.3, -0.25) is 9.36 Å². The Morgan fingerprint density at radius 1 is 1.35 bits per heavy atom. The quantitative estimate of drug-likeness (QED) is 0.698. The van der Waals surface area contributed by atoms with Crippen LogP contribution in [0.5, 0.6) is 5.75 Å². The molecule has 8 nitrogen and oxygen atoms in total. The second kappa shape index (κ2) is 5.91. The number of benzene rings is 1. The van der Waals surface area contributed by atoms with E-state index in [1.54, 1.807) is 7.11 Å². The Morgan fingerprint density at radius 2 is 2.09 bits per heavy atom. The van der Waals surface area contributed by atoms with Crippen LogP contribution in [-0.2, 0) is 17.8 Å². The number of H-pyrrole nitrogens is 1. The first-order chi connectivity index (χ1) is 11.1. The molecule has 2 aromatic heterocycles. The Balaban J connectivity index is 1.99. The topological polar surface area (TPSA) is 116 Å². The summed E-state index contributed by atoms with van der Waals surface area (Å²) >= 11 is 0. The zero-order valence-corrected chi connectivity index (χ0v) is 12.4. The van der Waals surface area contributed by atoms with Gasteiger partial charge in [-0.05, 0) is 17.7 Å².